The molecule has 7 rings (SSSR count). The Kier molecular flexibility index (Phi) is 11.8. The molecular weight excluding hydrogens is 781 g/mol. The van der Waals surface area contributed by atoms with Gasteiger partial charge in [-0.2, -0.15) is 0 Å². The van der Waals surface area contributed by atoms with E-state index in [0.717, 1.165) is 58.7 Å². The minimum absolute atomic E-state index is 0. The number of rotatable bonds is 7. The number of imidazole rings is 1. The van der Waals surface area contributed by atoms with Gasteiger partial charge in [-0.3, -0.25) is 9.78 Å². The first-order chi connectivity index (χ1) is 23.4. The Morgan fingerprint density at radius 3 is 1.82 bits per heavy atom. The summed E-state index contributed by atoms with van der Waals surface area (Å²) in [5.41, 5.74) is 4.06. The average Bonchev–Trinajstić information content (AvgIpc) is 3.53. The number of aliphatic hydroxyl groups is 1. The zero-order chi connectivity index (χ0) is 33.6. The Bertz CT molecular complexity index is 2350. The zero-order valence-corrected chi connectivity index (χ0v) is 31.0. The molecule has 0 aliphatic rings. The van der Waals surface area contributed by atoms with Gasteiger partial charge in [0.15, 0.2) is 5.78 Å². The number of para-hydroxylation sites is 2. The Labute approximate surface area is 302 Å². The summed E-state index contributed by atoms with van der Waals surface area (Å²) in [5, 5.41) is 17.9. The summed E-state index contributed by atoms with van der Waals surface area (Å²) >= 11 is 0. The van der Waals surface area contributed by atoms with Crippen molar-refractivity contribution in [2.75, 3.05) is 0 Å². The van der Waals surface area contributed by atoms with Crippen LogP contribution >= 0.6 is 0 Å². The molecule has 251 valence electrons. The van der Waals surface area contributed by atoms with Crippen molar-refractivity contribution < 1.29 is 30.0 Å². The number of hydrogen-bond acceptors (Lipinski definition) is 3. The van der Waals surface area contributed by atoms with E-state index in [1.807, 2.05) is 39.8 Å². The normalized spacial score (nSPS) is 11.7. The predicted octanol–water partition coefficient (Wildman–Crippen LogP) is 11.9. The standard InChI is InChI=1S/C31H19N2.C13H24O2.Ir/c1-2-16-30-29(15-1)32-31-27-13-5-11-25(19-27)23-9-3-7-21(17-23)22-8-4-10-24(18-22)26-12-6-14-28(20-26)33(30)31;1-5-10(6-2)12(14)9-13(15)11(7-3)8-4;/h1-12,14-20H;9-11,14H,5-8H2,1-4H3;/q-1;;/b;12-9-;. The van der Waals surface area contributed by atoms with Crippen molar-refractivity contribution in [1.82, 2.24) is 9.38 Å². The second-order valence-electron chi connectivity index (χ2n) is 12.5. The quantitative estimate of drug-likeness (QED) is 0.0990. The fourth-order valence-corrected chi connectivity index (χ4v) is 6.60. The van der Waals surface area contributed by atoms with Gasteiger partial charge in [-0.05, 0) is 89.0 Å². The van der Waals surface area contributed by atoms with E-state index < -0.39 is 0 Å². The van der Waals surface area contributed by atoms with E-state index in [4.69, 9.17) is 4.98 Å². The van der Waals surface area contributed by atoms with Crippen LogP contribution in [0.2, 0.25) is 0 Å². The number of carbonyl (C=O) groups is 1. The maximum atomic E-state index is 11.7. The number of aliphatic hydroxyl groups excluding tert-OH is 1. The number of benzene rings is 5. The molecule has 0 atom stereocenters. The maximum Gasteiger partial charge on any atom is 0.162 e. The third kappa shape index (κ3) is 7.69. The number of carbonyl (C=O) groups excluding carboxylic acids is 1. The van der Waals surface area contributed by atoms with Gasteiger partial charge in [0.2, 0.25) is 0 Å². The SMILES string of the molecule is CCC(CC)C(=O)/C=C(\O)C(CC)CC.[Ir].[c-]1ccc2cc1c1nc3ccccc3n1c1cccc(c1)c1cccc(c1)c1cccc2c1. The molecule has 2 heterocycles. The van der Waals surface area contributed by atoms with Crippen molar-refractivity contribution in [2.24, 2.45) is 11.8 Å². The van der Waals surface area contributed by atoms with Gasteiger partial charge >= 0.3 is 0 Å². The Morgan fingerprint density at radius 1 is 0.694 bits per heavy atom. The van der Waals surface area contributed by atoms with Crippen LogP contribution in [0.3, 0.4) is 0 Å². The van der Waals surface area contributed by atoms with Gasteiger partial charge in [-0.15, -0.1) is 35.0 Å². The molecular formula is C44H43IrN2O2-. The van der Waals surface area contributed by atoms with Gasteiger partial charge in [-0.1, -0.05) is 88.4 Å². The van der Waals surface area contributed by atoms with Crippen molar-refractivity contribution >= 4 is 65.7 Å². The third-order valence-electron chi connectivity index (χ3n) is 9.51. The maximum absolute atomic E-state index is 11.7. The number of aromatic nitrogens is 2. The topological polar surface area (TPSA) is 54.6 Å². The molecule has 1 N–H and O–H groups in total. The van der Waals surface area contributed by atoms with Gasteiger partial charge in [0.25, 0.3) is 0 Å². The first-order valence-electron chi connectivity index (χ1n) is 17.2. The van der Waals surface area contributed by atoms with Gasteiger partial charge < -0.3 is 9.51 Å². The molecule has 0 aliphatic heterocycles. The van der Waals surface area contributed by atoms with E-state index >= 15 is 0 Å². The van der Waals surface area contributed by atoms with Crippen LogP contribution in [0.15, 0.2) is 127 Å². The fourth-order valence-electron chi connectivity index (χ4n) is 6.60. The predicted molar refractivity (Wildman–Crippen MR) is 203 cm³/mol. The van der Waals surface area contributed by atoms with Crippen LogP contribution in [0.25, 0.3) is 59.9 Å². The fraction of sp³-hybridized carbons (Fsp3) is 0.227. The van der Waals surface area contributed by atoms with Crippen LogP contribution in [0.5, 0.6) is 0 Å². The van der Waals surface area contributed by atoms with Crippen molar-refractivity contribution in [3.63, 3.8) is 0 Å². The van der Waals surface area contributed by atoms with Gasteiger partial charge in [0.05, 0.1) is 22.4 Å². The van der Waals surface area contributed by atoms with E-state index in [0.29, 0.717) is 0 Å². The smallest absolute Gasteiger partial charge is 0.162 e. The number of hydrogen-bond donors (Lipinski definition) is 1. The van der Waals surface area contributed by atoms with Crippen LogP contribution in [-0.2, 0) is 24.9 Å². The molecule has 8 bridgehead atoms. The minimum atomic E-state index is 0. The number of fused-ring (bicyclic) bond motifs is 16. The summed E-state index contributed by atoms with van der Waals surface area (Å²) in [4.78, 5) is 16.8. The third-order valence-corrected chi connectivity index (χ3v) is 9.51. The molecule has 0 unspecified atom stereocenters. The van der Waals surface area contributed by atoms with Gasteiger partial charge in [-0.25, -0.2) is 0 Å². The molecule has 0 amide bonds. The first kappa shape index (κ1) is 35.7. The molecule has 5 heteroatoms. The van der Waals surface area contributed by atoms with E-state index in [-0.39, 0.29) is 43.5 Å². The number of allylic oxidation sites excluding steroid dienone is 2. The summed E-state index contributed by atoms with van der Waals surface area (Å²) in [6, 6.07) is 44.3. The summed E-state index contributed by atoms with van der Waals surface area (Å²) in [6.45, 7) is 8.07. The molecule has 7 aromatic rings. The van der Waals surface area contributed by atoms with E-state index in [1.54, 1.807) is 0 Å². The zero-order valence-electron chi connectivity index (χ0n) is 28.6. The van der Waals surface area contributed by atoms with Crippen molar-refractivity contribution in [3.8, 4) is 0 Å². The molecule has 4 nitrogen and oxygen atoms in total. The van der Waals surface area contributed by atoms with Crippen LogP contribution in [0.1, 0.15) is 53.4 Å². The van der Waals surface area contributed by atoms with Gasteiger partial charge in [0, 0.05) is 43.5 Å². The summed E-state index contributed by atoms with van der Waals surface area (Å²) in [5.74, 6) is 0.547. The van der Waals surface area contributed by atoms with Crippen molar-refractivity contribution in [2.45, 2.75) is 53.4 Å². The molecule has 0 spiro atoms. The summed E-state index contributed by atoms with van der Waals surface area (Å²) in [7, 11) is 0. The number of ketones is 1. The molecule has 1 radical (unpaired) electrons. The molecule has 0 saturated carbocycles. The van der Waals surface area contributed by atoms with E-state index in [1.165, 1.54) is 33.0 Å². The van der Waals surface area contributed by atoms with Crippen LogP contribution in [0.4, 0.5) is 0 Å². The molecule has 5 aromatic carbocycles. The Hall–Kier alpha value is -4.57. The largest absolute Gasteiger partial charge is 0.512 e. The minimum Gasteiger partial charge on any atom is -0.512 e. The number of nitrogens with zero attached hydrogens (tertiary/aromatic N) is 2. The van der Waals surface area contributed by atoms with E-state index in [9.17, 15) is 9.90 Å². The van der Waals surface area contributed by atoms with Crippen molar-refractivity contribution in [3.05, 3.63) is 133 Å². The Balaban J connectivity index is 0.000000252. The first-order valence-corrected chi connectivity index (χ1v) is 17.2. The molecule has 2 aromatic heterocycles. The molecule has 0 fully saturated rings. The van der Waals surface area contributed by atoms with Crippen LogP contribution in [-0.4, -0.2) is 20.3 Å². The molecule has 0 aliphatic carbocycles. The van der Waals surface area contributed by atoms with Crippen molar-refractivity contribution in [1.29, 1.82) is 0 Å². The van der Waals surface area contributed by atoms with Gasteiger partial charge in [0.1, 0.15) is 0 Å². The summed E-state index contributed by atoms with van der Waals surface area (Å²) in [6.07, 6.45) is 4.91. The monoisotopic (exact) mass is 824 g/mol. The molecule has 49 heavy (non-hydrogen) atoms. The average molecular weight is 824 g/mol. The van der Waals surface area contributed by atoms with Crippen LogP contribution < -0.4 is 0 Å². The molecule has 0 saturated heterocycles. The van der Waals surface area contributed by atoms with E-state index in [2.05, 4.69) is 114 Å². The summed E-state index contributed by atoms with van der Waals surface area (Å²) < 4.78 is 2.25. The van der Waals surface area contributed by atoms with Crippen LogP contribution in [0, 0.1) is 17.9 Å². The second kappa shape index (κ2) is 16.2. The Morgan fingerprint density at radius 2 is 1.22 bits per heavy atom. The second-order valence-corrected chi connectivity index (χ2v) is 12.5.